The van der Waals surface area contributed by atoms with Crippen LogP contribution in [0.25, 0.3) is 0 Å². The summed E-state index contributed by atoms with van der Waals surface area (Å²) in [5, 5.41) is 51.5. The summed E-state index contributed by atoms with van der Waals surface area (Å²) in [5.74, 6) is -4.45. The molecule has 2 unspecified atom stereocenters. The van der Waals surface area contributed by atoms with E-state index in [4.69, 9.17) is 22.0 Å². The molecule has 0 heterocycles. The van der Waals surface area contributed by atoms with Crippen LogP contribution in [0, 0.1) is 0 Å². The summed E-state index contributed by atoms with van der Waals surface area (Å²) < 4.78 is 0. The maximum Gasteiger partial charge on any atom is 0.245 e. The van der Waals surface area contributed by atoms with Crippen LogP contribution in [0.5, 0.6) is 0 Å². The first-order valence-corrected chi connectivity index (χ1v) is 17.2. The lowest BCUT2D eigenvalue weighted by Crippen LogP contribution is -2.55. The lowest BCUT2D eigenvalue weighted by molar-refractivity contribution is -0.205. The topological polar surface area (TPSA) is 326 Å². The van der Waals surface area contributed by atoms with E-state index in [-0.39, 0.29) is 24.4 Å². The minimum absolute atomic E-state index is 0.263. The zero-order valence-electron chi connectivity index (χ0n) is 29.7. The molecule has 0 aromatic heterocycles. The molecule has 0 aliphatic carbocycles. The molecule has 0 aliphatic rings. The molecule has 0 bridgehead atoms. The first-order valence-electron chi connectivity index (χ1n) is 17.2. The maximum absolute atomic E-state index is 12.9. The van der Waals surface area contributed by atoms with Gasteiger partial charge >= 0.3 is 0 Å². The van der Waals surface area contributed by atoms with E-state index in [2.05, 4.69) is 54.8 Å². The molecule has 0 aromatic carbocycles. The maximum atomic E-state index is 12.9. The SMILES string of the molecule is C=C(CC(=O)NC(CO)C(=O)N[C@@H](CCCCN)C(=O)NCCCCCCNC(=O)[C@H](CCCCN)NC(=O)C(CO)NC(=O)CC(=C)OO)OO. The highest BCUT2D eigenvalue weighted by Crippen LogP contribution is 2.06. The fraction of sp³-hybridized carbons (Fsp3) is 0.688. The van der Waals surface area contributed by atoms with Gasteiger partial charge in [-0.3, -0.25) is 28.8 Å². The standard InChI is InChI=1S/C32H58N8O12/c1-21(51-49)17-27(43)37-25(19-41)31(47)39-23(11-5-7-13-33)29(45)35-15-9-3-4-10-16-36-30(46)24(12-6-8-14-34)40-32(48)26(20-42)38-28(44)18-22(2)52-50/h23-26,41-42,49-50H,1-20,33-34H2,(H,35,45)(H,36,46)(H,37,43)(H,38,44)(H,39,47)(H,40,48)/t23-,24-,25?,26?/m0/s1. The second-order valence-corrected chi connectivity index (χ2v) is 11.9. The van der Waals surface area contributed by atoms with Crippen molar-refractivity contribution >= 4 is 35.4 Å². The number of unbranched alkanes of at least 4 members (excludes halogenated alkanes) is 5. The second kappa shape index (κ2) is 29.3. The molecule has 0 rings (SSSR count). The number of nitrogens with one attached hydrogen (secondary N) is 6. The van der Waals surface area contributed by atoms with Gasteiger partial charge in [0.15, 0.2) is 0 Å². The summed E-state index contributed by atoms with van der Waals surface area (Å²) in [7, 11) is 0. The van der Waals surface area contributed by atoms with Crippen molar-refractivity contribution < 1.29 is 59.3 Å². The average Bonchev–Trinajstić information content (AvgIpc) is 3.12. The Balaban J connectivity index is 4.85. The fourth-order valence-electron chi connectivity index (χ4n) is 4.64. The van der Waals surface area contributed by atoms with E-state index < -0.39 is 85.7 Å². The number of aliphatic hydroxyl groups is 2. The Labute approximate surface area is 303 Å². The third-order valence-corrected chi connectivity index (χ3v) is 7.50. The lowest BCUT2D eigenvalue weighted by Gasteiger charge is -2.22. The summed E-state index contributed by atoms with van der Waals surface area (Å²) in [6.07, 6.45) is 4.54. The number of amides is 6. The molecule has 0 fully saturated rings. The third kappa shape index (κ3) is 21.8. The van der Waals surface area contributed by atoms with Crippen molar-refractivity contribution in [1.82, 2.24) is 31.9 Å². The molecular weight excluding hydrogens is 688 g/mol. The van der Waals surface area contributed by atoms with Crippen LogP contribution >= 0.6 is 0 Å². The largest absolute Gasteiger partial charge is 0.394 e. The second-order valence-electron chi connectivity index (χ2n) is 11.9. The number of hydrogen-bond acceptors (Lipinski definition) is 14. The van der Waals surface area contributed by atoms with Gasteiger partial charge in [0.25, 0.3) is 0 Å². The Morgan fingerprint density at radius 2 is 0.885 bits per heavy atom. The number of carbonyl (C=O) groups is 6. The van der Waals surface area contributed by atoms with Crippen molar-refractivity contribution in [2.75, 3.05) is 39.4 Å². The van der Waals surface area contributed by atoms with Gasteiger partial charge < -0.3 is 63.4 Å². The van der Waals surface area contributed by atoms with Crippen LogP contribution in [-0.2, 0) is 38.5 Å². The van der Waals surface area contributed by atoms with Crippen molar-refractivity contribution in [3.63, 3.8) is 0 Å². The molecule has 0 radical (unpaired) electrons. The van der Waals surface area contributed by atoms with Gasteiger partial charge in [0, 0.05) is 13.1 Å². The molecule has 14 N–H and O–H groups in total. The molecule has 20 nitrogen and oxygen atoms in total. The average molecular weight is 747 g/mol. The van der Waals surface area contributed by atoms with E-state index >= 15 is 0 Å². The number of nitrogens with two attached hydrogens (primary N) is 2. The minimum Gasteiger partial charge on any atom is -0.394 e. The first kappa shape index (κ1) is 47.7. The fourth-order valence-corrected chi connectivity index (χ4v) is 4.64. The van der Waals surface area contributed by atoms with Gasteiger partial charge in [0.1, 0.15) is 35.7 Å². The Hall–Kier alpha value is -4.34. The van der Waals surface area contributed by atoms with Gasteiger partial charge in [-0.25, -0.2) is 10.5 Å². The van der Waals surface area contributed by atoms with Crippen LogP contribution in [0.3, 0.4) is 0 Å². The molecule has 52 heavy (non-hydrogen) atoms. The highest BCUT2D eigenvalue weighted by atomic mass is 17.1. The summed E-state index contributed by atoms with van der Waals surface area (Å²) in [6, 6.07) is -4.60. The van der Waals surface area contributed by atoms with Crippen LogP contribution in [0.1, 0.15) is 77.0 Å². The van der Waals surface area contributed by atoms with Crippen molar-refractivity contribution in [1.29, 1.82) is 0 Å². The van der Waals surface area contributed by atoms with Crippen LogP contribution in [0.2, 0.25) is 0 Å². The van der Waals surface area contributed by atoms with Crippen molar-refractivity contribution in [3.05, 3.63) is 24.7 Å². The summed E-state index contributed by atoms with van der Waals surface area (Å²) in [4.78, 5) is 83.0. The molecule has 20 heteroatoms. The van der Waals surface area contributed by atoms with Crippen LogP contribution in [-0.4, -0.2) is 120 Å². The van der Waals surface area contributed by atoms with Crippen LogP contribution < -0.4 is 43.4 Å². The van der Waals surface area contributed by atoms with Crippen LogP contribution in [0.15, 0.2) is 24.7 Å². The summed E-state index contributed by atoms with van der Waals surface area (Å²) in [5.41, 5.74) is 11.1. The smallest absolute Gasteiger partial charge is 0.245 e. The zero-order valence-corrected chi connectivity index (χ0v) is 29.7. The van der Waals surface area contributed by atoms with Crippen molar-refractivity contribution in [2.45, 2.75) is 101 Å². The van der Waals surface area contributed by atoms with Crippen molar-refractivity contribution in [3.8, 4) is 0 Å². The molecule has 6 amide bonds. The van der Waals surface area contributed by atoms with Gasteiger partial charge in [-0.1, -0.05) is 26.0 Å². The normalized spacial score (nSPS) is 13.0. The zero-order chi connectivity index (χ0) is 39.3. The Morgan fingerprint density at radius 1 is 0.519 bits per heavy atom. The Bertz CT molecular complexity index is 1060. The predicted octanol–water partition coefficient (Wildman–Crippen LogP) is -2.25. The monoisotopic (exact) mass is 746 g/mol. The third-order valence-electron chi connectivity index (χ3n) is 7.50. The molecule has 0 saturated heterocycles. The molecule has 0 aromatic rings. The summed E-state index contributed by atoms with van der Waals surface area (Å²) >= 11 is 0. The minimum atomic E-state index is -1.35. The number of rotatable bonds is 31. The van der Waals surface area contributed by atoms with Crippen molar-refractivity contribution in [2.24, 2.45) is 11.5 Å². The predicted molar refractivity (Wildman–Crippen MR) is 187 cm³/mol. The molecule has 0 saturated carbocycles. The molecule has 4 atom stereocenters. The van der Waals surface area contributed by atoms with E-state index in [0.717, 1.165) is 0 Å². The van der Waals surface area contributed by atoms with E-state index in [1.807, 2.05) is 0 Å². The van der Waals surface area contributed by atoms with Gasteiger partial charge in [-0.05, 0) is 64.5 Å². The lowest BCUT2D eigenvalue weighted by atomic mass is 10.1. The van der Waals surface area contributed by atoms with Crippen LogP contribution in [0.4, 0.5) is 0 Å². The molecule has 0 spiro atoms. The van der Waals surface area contributed by atoms with E-state index in [0.29, 0.717) is 77.5 Å². The molecular formula is C32H58N8O12. The Kier molecular flexibility index (Phi) is 26.8. The summed E-state index contributed by atoms with van der Waals surface area (Å²) in [6.45, 7) is 6.50. The quantitative estimate of drug-likeness (QED) is 0.0154. The van der Waals surface area contributed by atoms with Gasteiger partial charge in [0.05, 0.1) is 26.1 Å². The van der Waals surface area contributed by atoms with E-state index in [1.165, 1.54) is 0 Å². The highest BCUT2D eigenvalue weighted by molar-refractivity contribution is 5.93. The number of aliphatic hydroxyl groups excluding tert-OH is 2. The highest BCUT2D eigenvalue weighted by Gasteiger charge is 2.28. The van der Waals surface area contributed by atoms with Gasteiger partial charge in [-0.2, -0.15) is 0 Å². The number of hydrogen-bond donors (Lipinski definition) is 12. The van der Waals surface area contributed by atoms with E-state index in [1.54, 1.807) is 0 Å². The van der Waals surface area contributed by atoms with E-state index in [9.17, 15) is 39.0 Å². The van der Waals surface area contributed by atoms with Gasteiger partial charge in [-0.15, -0.1) is 0 Å². The Morgan fingerprint density at radius 3 is 1.19 bits per heavy atom. The van der Waals surface area contributed by atoms with Gasteiger partial charge in [0.2, 0.25) is 35.4 Å². The number of carbonyl (C=O) groups excluding carboxylic acids is 6. The molecule has 298 valence electrons. The first-order chi connectivity index (χ1) is 24.9. The molecule has 0 aliphatic heterocycles.